The van der Waals surface area contributed by atoms with Gasteiger partial charge in [0.2, 0.25) is 0 Å². The first-order valence-corrected chi connectivity index (χ1v) is 6.26. The van der Waals surface area contributed by atoms with E-state index in [2.05, 4.69) is 5.32 Å². The average molecular weight is 265 g/mol. The van der Waals surface area contributed by atoms with Gasteiger partial charge in [0.1, 0.15) is 18.8 Å². The molecule has 1 amide bonds. The van der Waals surface area contributed by atoms with Crippen LogP contribution >= 0.6 is 0 Å². The van der Waals surface area contributed by atoms with E-state index < -0.39 is 11.7 Å². The van der Waals surface area contributed by atoms with Crippen LogP contribution in [0.1, 0.15) is 26.3 Å². The molecule has 1 aliphatic rings. The third-order valence-corrected chi connectivity index (χ3v) is 2.59. The Labute approximate surface area is 112 Å². The van der Waals surface area contributed by atoms with Crippen LogP contribution in [0, 0.1) is 6.92 Å². The van der Waals surface area contributed by atoms with Crippen molar-refractivity contribution in [2.45, 2.75) is 33.3 Å². The van der Waals surface area contributed by atoms with Gasteiger partial charge in [-0.1, -0.05) is 0 Å². The number of nitrogens with one attached hydrogen (secondary N) is 1. The van der Waals surface area contributed by atoms with Crippen molar-refractivity contribution in [2.75, 3.05) is 18.5 Å². The molecule has 0 fully saturated rings. The van der Waals surface area contributed by atoms with Gasteiger partial charge in [0, 0.05) is 5.56 Å². The first-order chi connectivity index (χ1) is 8.87. The lowest BCUT2D eigenvalue weighted by Gasteiger charge is -2.23. The minimum Gasteiger partial charge on any atom is -0.486 e. The SMILES string of the molecule is Cc1c(NC(=O)OC(C)(C)C)ccc2c1OCCO2. The second-order valence-electron chi connectivity index (χ2n) is 5.39. The number of hydrogen-bond acceptors (Lipinski definition) is 4. The third kappa shape index (κ3) is 3.30. The number of hydrogen-bond donors (Lipinski definition) is 1. The van der Waals surface area contributed by atoms with Crippen LogP contribution in [0.5, 0.6) is 11.5 Å². The van der Waals surface area contributed by atoms with E-state index in [0.29, 0.717) is 30.4 Å². The van der Waals surface area contributed by atoms with Crippen molar-refractivity contribution in [3.05, 3.63) is 17.7 Å². The molecule has 0 saturated carbocycles. The summed E-state index contributed by atoms with van der Waals surface area (Å²) in [5.74, 6) is 1.39. The zero-order valence-corrected chi connectivity index (χ0v) is 11.7. The lowest BCUT2D eigenvalue weighted by Crippen LogP contribution is -2.27. The van der Waals surface area contributed by atoms with Gasteiger partial charge in [0.25, 0.3) is 0 Å². The van der Waals surface area contributed by atoms with Gasteiger partial charge in [-0.15, -0.1) is 0 Å². The number of rotatable bonds is 1. The highest BCUT2D eigenvalue weighted by Gasteiger charge is 2.20. The van der Waals surface area contributed by atoms with Crippen LogP contribution in [0.2, 0.25) is 0 Å². The molecule has 0 bridgehead atoms. The second-order valence-corrected chi connectivity index (χ2v) is 5.39. The van der Waals surface area contributed by atoms with E-state index >= 15 is 0 Å². The maximum Gasteiger partial charge on any atom is 0.412 e. The summed E-state index contributed by atoms with van der Waals surface area (Å²) >= 11 is 0. The maximum absolute atomic E-state index is 11.7. The summed E-state index contributed by atoms with van der Waals surface area (Å²) < 4.78 is 16.3. The molecule has 1 heterocycles. The Morgan fingerprint density at radius 1 is 1.26 bits per heavy atom. The third-order valence-electron chi connectivity index (χ3n) is 2.59. The van der Waals surface area contributed by atoms with Crippen LogP contribution < -0.4 is 14.8 Å². The number of carbonyl (C=O) groups is 1. The van der Waals surface area contributed by atoms with Gasteiger partial charge < -0.3 is 14.2 Å². The zero-order valence-electron chi connectivity index (χ0n) is 11.7. The fraction of sp³-hybridized carbons (Fsp3) is 0.500. The number of anilines is 1. The van der Waals surface area contributed by atoms with Gasteiger partial charge in [0.15, 0.2) is 11.5 Å². The molecule has 1 aliphatic heterocycles. The highest BCUT2D eigenvalue weighted by atomic mass is 16.6. The molecule has 5 heteroatoms. The maximum atomic E-state index is 11.7. The molecule has 0 aromatic heterocycles. The van der Waals surface area contributed by atoms with Crippen molar-refractivity contribution in [3.8, 4) is 11.5 Å². The molecule has 2 rings (SSSR count). The number of carbonyl (C=O) groups excluding carboxylic acids is 1. The van der Waals surface area contributed by atoms with E-state index in [4.69, 9.17) is 14.2 Å². The van der Waals surface area contributed by atoms with Gasteiger partial charge in [-0.25, -0.2) is 4.79 Å². The zero-order chi connectivity index (χ0) is 14.0. The summed E-state index contributed by atoms with van der Waals surface area (Å²) in [6.07, 6.45) is -0.479. The van der Waals surface area contributed by atoms with Crippen LogP contribution in [0.3, 0.4) is 0 Å². The molecule has 0 radical (unpaired) electrons. The summed E-state index contributed by atoms with van der Waals surface area (Å²) in [5, 5.41) is 2.72. The molecule has 5 nitrogen and oxygen atoms in total. The van der Waals surface area contributed by atoms with Crippen molar-refractivity contribution < 1.29 is 19.0 Å². The monoisotopic (exact) mass is 265 g/mol. The Kier molecular flexibility index (Phi) is 3.55. The van der Waals surface area contributed by atoms with Crippen LogP contribution in [-0.2, 0) is 4.74 Å². The van der Waals surface area contributed by atoms with Crippen molar-refractivity contribution in [1.82, 2.24) is 0 Å². The van der Waals surface area contributed by atoms with E-state index in [0.717, 1.165) is 5.56 Å². The van der Waals surface area contributed by atoms with E-state index in [1.807, 2.05) is 27.7 Å². The summed E-state index contributed by atoms with van der Waals surface area (Å²) in [5.41, 5.74) is 0.979. The molecule has 19 heavy (non-hydrogen) atoms. The van der Waals surface area contributed by atoms with E-state index in [1.54, 1.807) is 12.1 Å². The lowest BCUT2D eigenvalue weighted by atomic mass is 10.1. The van der Waals surface area contributed by atoms with Crippen molar-refractivity contribution >= 4 is 11.8 Å². The Morgan fingerprint density at radius 2 is 1.95 bits per heavy atom. The normalized spacial score (nSPS) is 13.9. The largest absolute Gasteiger partial charge is 0.486 e. The van der Waals surface area contributed by atoms with E-state index in [1.165, 1.54) is 0 Å². The molecule has 0 atom stereocenters. The molecule has 0 saturated heterocycles. The predicted molar refractivity (Wildman–Crippen MR) is 72.0 cm³/mol. The summed E-state index contributed by atoms with van der Waals surface area (Å²) in [6, 6.07) is 3.57. The van der Waals surface area contributed by atoms with Crippen LogP contribution in [0.4, 0.5) is 10.5 Å². The number of fused-ring (bicyclic) bond motifs is 1. The lowest BCUT2D eigenvalue weighted by molar-refractivity contribution is 0.0635. The van der Waals surface area contributed by atoms with Crippen LogP contribution in [0.25, 0.3) is 0 Å². The van der Waals surface area contributed by atoms with Crippen LogP contribution in [-0.4, -0.2) is 24.9 Å². The van der Waals surface area contributed by atoms with Crippen molar-refractivity contribution in [2.24, 2.45) is 0 Å². The fourth-order valence-corrected chi connectivity index (χ4v) is 1.80. The molecule has 1 aromatic carbocycles. The highest BCUT2D eigenvalue weighted by molar-refractivity contribution is 5.87. The topological polar surface area (TPSA) is 56.8 Å². The molecular weight excluding hydrogens is 246 g/mol. The number of amides is 1. The van der Waals surface area contributed by atoms with E-state index in [-0.39, 0.29) is 0 Å². The molecule has 0 aliphatic carbocycles. The number of ether oxygens (including phenoxy) is 3. The molecule has 104 valence electrons. The standard InChI is InChI=1S/C14H19NO4/c1-9-10(15-13(16)19-14(2,3)4)5-6-11-12(9)18-8-7-17-11/h5-6H,7-8H2,1-4H3,(H,15,16). The summed E-state index contributed by atoms with van der Waals surface area (Å²) in [4.78, 5) is 11.7. The first-order valence-electron chi connectivity index (χ1n) is 6.26. The Balaban J connectivity index is 2.15. The van der Waals surface area contributed by atoms with Crippen LogP contribution in [0.15, 0.2) is 12.1 Å². The summed E-state index contributed by atoms with van der Waals surface area (Å²) in [6.45, 7) is 8.41. The first kappa shape index (κ1) is 13.5. The Hall–Kier alpha value is -1.91. The van der Waals surface area contributed by atoms with Crippen molar-refractivity contribution in [3.63, 3.8) is 0 Å². The molecular formula is C14H19NO4. The smallest absolute Gasteiger partial charge is 0.412 e. The van der Waals surface area contributed by atoms with E-state index in [9.17, 15) is 4.79 Å². The quantitative estimate of drug-likeness (QED) is 0.847. The average Bonchev–Trinajstić information content (AvgIpc) is 2.31. The van der Waals surface area contributed by atoms with Crippen molar-refractivity contribution in [1.29, 1.82) is 0 Å². The minimum atomic E-state index is -0.522. The van der Waals surface area contributed by atoms with Gasteiger partial charge in [-0.2, -0.15) is 0 Å². The number of benzene rings is 1. The Morgan fingerprint density at radius 3 is 2.63 bits per heavy atom. The minimum absolute atomic E-state index is 0.479. The predicted octanol–water partition coefficient (Wildman–Crippen LogP) is 3.11. The van der Waals surface area contributed by atoms with Gasteiger partial charge in [-0.05, 0) is 39.8 Å². The van der Waals surface area contributed by atoms with Gasteiger partial charge >= 0.3 is 6.09 Å². The van der Waals surface area contributed by atoms with Gasteiger partial charge in [0.05, 0.1) is 5.69 Å². The molecule has 0 unspecified atom stereocenters. The summed E-state index contributed by atoms with van der Waals surface area (Å²) in [7, 11) is 0. The van der Waals surface area contributed by atoms with Gasteiger partial charge in [-0.3, -0.25) is 5.32 Å². The highest BCUT2D eigenvalue weighted by Crippen LogP contribution is 2.37. The fourth-order valence-electron chi connectivity index (χ4n) is 1.80. The Bertz CT molecular complexity index is 491. The molecule has 1 aromatic rings. The molecule has 0 spiro atoms. The molecule has 1 N–H and O–H groups in total. The second kappa shape index (κ2) is 4.99.